The summed E-state index contributed by atoms with van der Waals surface area (Å²) in [6, 6.07) is 9.73. The number of aromatic nitrogens is 4. The lowest BCUT2D eigenvalue weighted by molar-refractivity contribution is -0.137. The number of nitrogens with one attached hydrogen (secondary N) is 3. The van der Waals surface area contributed by atoms with Crippen molar-refractivity contribution in [3.63, 3.8) is 0 Å². The summed E-state index contributed by atoms with van der Waals surface area (Å²) in [6.07, 6.45) is 5.71. The number of hydrogen-bond donors (Lipinski definition) is 4. The monoisotopic (exact) mass is 777 g/mol. The molecule has 2 aromatic carbocycles. The summed E-state index contributed by atoms with van der Waals surface area (Å²) in [5.41, 5.74) is 8.12. The van der Waals surface area contributed by atoms with E-state index in [1.54, 1.807) is 4.90 Å². The van der Waals surface area contributed by atoms with Gasteiger partial charge >= 0.3 is 12.2 Å². The van der Waals surface area contributed by atoms with Gasteiger partial charge < -0.3 is 34.8 Å². The first kappa shape index (κ1) is 38.5. The van der Waals surface area contributed by atoms with Crippen molar-refractivity contribution in [1.29, 1.82) is 0 Å². The molecule has 0 bridgehead atoms. The van der Waals surface area contributed by atoms with Crippen LogP contribution in [0.15, 0.2) is 36.5 Å². The molecule has 13 nitrogen and oxygen atoms in total. The number of rotatable bonds is 7. The lowest BCUT2D eigenvalue weighted by Crippen LogP contribution is -2.55. The number of benzene rings is 2. The molecular formula is C44H55N7O6. The van der Waals surface area contributed by atoms with E-state index in [2.05, 4.69) is 66.4 Å². The second-order valence-electron chi connectivity index (χ2n) is 17.6. The third kappa shape index (κ3) is 6.24. The highest BCUT2D eigenvalue weighted by Crippen LogP contribution is 2.54. The third-order valence-corrected chi connectivity index (χ3v) is 13.4. The van der Waals surface area contributed by atoms with Crippen molar-refractivity contribution in [2.75, 3.05) is 7.11 Å². The van der Waals surface area contributed by atoms with Gasteiger partial charge in [-0.15, -0.1) is 0 Å². The molecule has 57 heavy (non-hydrogen) atoms. The fourth-order valence-corrected chi connectivity index (χ4v) is 9.98. The van der Waals surface area contributed by atoms with Crippen molar-refractivity contribution in [3.05, 3.63) is 65.0 Å². The van der Waals surface area contributed by atoms with Gasteiger partial charge in [-0.2, -0.15) is 0 Å². The molecule has 2 aromatic heterocycles. The first-order valence-corrected chi connectivity index (χ1v) is 20.4. The summed E-state index contributed by atoms with van der Waals surface area (Å²) >= 11 is 0. The molecule has 6 atom stereocenters. The Balaban J connectivity index is 1.06. The van der Waals surface area contributed by atoms with E-state index in [0.717, 1.165) is 101 Å². The minimum absolute atomic E-state index is 0.00536. The predicted octanol–water partition coefficient (Wildman–Crippen LogP) is 8.35. The Hall–Kier alpha value is -5.33. The maximum Gasteiger partial charge on any atom is 0.408 e. The van der Waals surface area contributed by atoms with Crippen LogP contribution in [0.5, 0.6) is 5.75 Å². The molecule has 4 N–H and O–H groups in total. The normalized spacial score (nSPS) is 23.5. The number of methoxy groups -OCH3 is 1. The molecule has 3 aliphatic heterocycles. The van der Waals surface area contributed by atoms with E-state index in [0.29, 0.717) is 13.0 Å². The van der Waals surface area contributed by atoms with Gasteiger partial charge in [0.05, 0.1) is 36.4 Å². The van der Waals surface area contributed by atoms with Gasteiger partial charge in [-0.05, 0) is 104 Å². The number of carbonyl (C=O) groups is 3. The molecule has 4 aromatic rings. The van der Waals surface area contributed by atoms with Crippen LogP contribution in [0.2, 0.25) is 0 Å². The molecule has 0 unspecified atom stereocenters. The fraction of sp³-hybridized carbons (Fsp3) is 0.523. The summed E-state index contributed by atoms with van der Waals surface area (Å²) in [7, 11) is 1.31. The van der Waals surface area contributed by atoms with Gasteiger partial charge in [0, 0.05) is 23.2 Å². The smallest absolute Gasteiger partial charge is 0.408 e. The van der Waals surface area contributed by atoms with Crippen LogP contribution in [0.3, 0.4) is 0 Å². The van der Waals surface area contributed by atoms with Crippen LogP contribution in [0.25, 0.3) is 33.6 Å². The van der Waals surface area contributed by atoms with Crippen molar-refractivity contribution in [1.82, 2.24) is 35.1 Å². The molecular weight excluding hydrogens is 723 g/mol. The molecule has 0 spiro atoms. The van der Waals surface area contributed by atoms with E-state index in [4.69, 9.17) is 19.4 Å². The van der Waals surface area contributed by atoms with E-state index in [-0.39, 0.29) is 35.4 Å². The Morgan fingerprint density at radius 2 is 1.82 bits per heavy atom. The largest absolute Gasteiger partial charge is 0.488 e. The Morgan fingerprint density at radius 3 is 2.54 bits per heavy atom. The summed E-state index contributed by atoms with van der Waals surface area (Å²) < 4.78 is 11.3. The number of ether oxygens (including phenoxy) is 2. The molecule has 3 amide bonds. The molecule has 2 saturated heterocycles. The number of aryl methyl sites for hydroxylation is 2. The first-order chi connectivity index (χ1) is 27.2. The minimum Gasteiger partial charge on any atom is -0.488 e. The number of carboxylic acid groups (broad SMARTS) is 1. The average molecular weight is 778 g/mol. The number of H-pyrrole nitrogens is 2. The SMILES string of the molecule is CC[C@H](C)[C@H](NC(=O)OC)C(=O)N1[C@@H](C)CC[C@H]1c1ncc(-c2ccc3c(c2)COc2cc4c(cc2-3)CCc2nc([C@@]3(C(C)(C)C)CC[C@H](C)N3C(=O)O)[nH]c2-4)[nH]1. The van der Waals surface area contributed by atoms with Crippen LogP contribution < -0.4 is 10.1 Å². The Bertz CT molecular complexity index is 2240. The Labute approximate surface area is 334 Å². The van der Waals surface area contributed by atoms with Crippen LogP contribution in [-0.4, -0.2) is 78.2 Å². The van der Waals surface area contributed by atoms with Crippen molar-refractivity contribution >= 4 is 18.1 Å². The molecule has 8 rings (SSSR count). The predicted molar refractivity (Wildman–Crippen MR) is 216 cm³/mol. The number of imidazole rings is 2. The van der Waals surface area contributed by atoms with Crippen LogP contribution >= 0.6 is 0 Å². The fourth-order valence-electron chi connectivity index (χ4n) is 9.98. The Morgan fingerprint density at radius 1 is 1.04 bits per heavy atom. The van der Waals surface area contributed by atoms with Gasteiger partial charge in [0.2, 0.25) is 5.91 Å². The molecule has 0 saturated carbocycles. The van der Waals surface area contributed by atoms with E-state index in [1.807, 2.05) is 38.8 Å². The van der Waals surface area contributed by atoms with Gasteiger partial charge in [-0.25, -0.2) is 19.6 Å². The second-order valence-corrected chi connectivity index (χ2v) is 17.6. The van der Waals surface area contributed by atoms with E-state index < -0.39 is 23.8 Å². The van der Waals surface area contributed by atoms with Gasteiger partial charge in [0.1, 0.15) is 35.6 Å². The lowest BCUT2D eigenvalue weighted by atomic mass is 9.71. The van der Waals surface area contributed by atoms with E-state index in [9.17, 15) is 19.5 Å². The van der Waals surface area contributed by atoms with Gasteiger partial charge in [0.15, 0.2) is 0 Å². The number of likely N-dealkylation sites (tertiary alicyclic amines) is 2. The van der Waals surface area contributed by atoms with Crippen LogP contribution in [0, 0.1) is 11.3 Å². The third-order valence-electron chi connectivity index (χ3n) is 13.4. The molecule has 13 heteroatoms. The number of aromatic amines is 2. The maximum absolute atomic E-state index is 14.0. The molecule has 5 heterocycles. The number of alkyl carbamates (subject to hydrolysis) is 1. The Kier molecular flexibility index (Phi) is 9.63. The highest BCUT2D eigenvalue weighted by atomic mass is 16.5. The summed E-state index contributed by atoms with van der Waals surface area (Å²) in [5.74, 6) is 2.07. The number of fused-ring (bicyclic) bond motifs is 6. The number of nitrogens with zero attached hydrogens (tertiary/aromatic N) is 4. The zero-order valence-electron chi connectivity index (χ0n) is 34.3. The van der Waals surface area contributed by atoms with Gasteiger partial charge in [0.25, 0.3) is 0 Å². The van der Waals surface area contributed by atoms with E-state index >= 15 is 0 Å². The highest BCUT2D eigenvalue weighted by Gasteiger charge is 2.58. The van der Waals surface area contributed by atoms with Gasteiger partial charge in [-0.3, -0.25) is 9.69 Å². The second kappa shape index (κ2) is 14.2. The molecule has 1 aliphatic carbocycles. The van der Waals surface area contributed by atoms with Gasteiger partial charge in [-0.1, -0.05) is 53.2 Å². The molecule has 302 valence electrons. The zero-order chi connectivity index (χ0) is 40.6. The zero-order valence-corrected chi connectivity index (χ0v) is 34.3. The summed E-state index contributed by atoms with van der Waals surface area (Å²) in [6.45, 7) is 14.7. The molecule has 0 radical (unpaired) electrons. The summed E-state index contributed by atoms with van der Waals surface area (Å²) in [4.78, 5) is 59.5. The van der Waals surface area contributed by atoms with E-state index in [1.165, 1.54) is 12.7 Å². The standard InChI is InChI=1S/C44H55N7O6/c1-9-23(2)36(49-41(53)56-8)39(52)50-24(3)10-15-34(50)38-45-21-33(46-38)27-11-13-29-28(18-27)22-57-35-20-30-26(19-31(29)35)12-14-32-37(30)48-40(47-32)44(43(5,6)7)17-16-25(4)51(44)42(54)55/h11,13,18-21,23-25,34,36H,9-10,12,14-17,22H2,1-8H3,(H,45,46)(H,47,48)(H,49,53)(H,54,55)/t23-,24-,25-,34-,36-,44+/m0/s1. The van der Waals surface area contributed by atoms with Crippen LogP contribution in [0.4, 0.5) is 9.59 Å². The lowest BCUT2D eigenvalue weighted by Gasteiger charge is -2.46. The average Bonchev–Trinajstić information content (AvgIpc) is 4.00. The van der Waals surface area contributed by atoms with Crippen molar-refractivity contribution < 1.29 is 29.0 Å². The van der Waals surface area contributed by atoms with Crippen molar-refractivity contribution in [2.24, 2.45) is 11.3 Å². The van der Waals surface area contributed by atoms with Crippen LogP contribution in [0.1, 0.15) is 115 Å². The highest BCUT2D eigenvalue weighted by molar-refractivity contribution is 5.87. The summed E-state index contributed by atoms with van der Waals surface area (Å²) in [5, 5.41) is 13.2. The number of hydrogen-bond acceptors (Lipinski definition) is 7. The topological polar surface area (TPSA) is 166 Å². The van der Waals surface area contributed by atoms with Crippen LogP contribution in [-0.2, 0) is 34.5 Å². The van der Waals surface area contributed by atoms with Crippen molar-refractivity contribution in [2.45, 2.75) is 130 Å². The molecule has 4 aliphatic rings. The molecule has 2 fully saturated rings. The number of carbonyl (C=O) groups excluding carboxylic acids is 2. The number of amides is 3. The first-order valence-electron chi connectivity index (χ1n) is 20.4. The minimum atomic E-state index is -0.912. The maximum atomic E-state index is 14.0. The van der Waals surface area contributed by atoms with Crippen molar-refractivity contribution in [3.8, 4) is 39.4 Å². The quantitative estimate of drug-likeness (QED) is 0.145.